The molecule has 0 aliphatic heterocycles. The summed E-state index contributed by atoms with van der Waals surface area (Å²) in [6, 6.07) is 0. The van der Waals surface area contributed by atoms with E-state index in [-0.39, 0.29) is 6.42 Å². The van der Waals surface area contributed by atoms with Crippen molar-refractivity contribution in [2.45, 2.75) is 6.42 Å². The lowest BCUT2D eigenvalue weighted by Crippen LogP contribution is -1.98. The topological polar surface area (TPSA) is 98.3 Å². The summed E-state index contributed by atoms with van der Waals surface area (Å²) < 4.78 is 0. The summed E-state index contributed by atoms with van der Waals surface area (Å²) in [5, 5.41) is 38.0. The lowest BCUT2D eigenvalue weighted by atomic mass is 10.5. The number of hydrogen-bond donors (Lipinski definition) is 0. The van der Waals surface area contributed by atoms with Gasteiger partial charge in [-0.25, -0.2) is 0 Å². The van der Waals surface area contributed by atoms with E-state index in [1.807, 2.05) is 0 Å². The molecule has 9 heavy (non-hydrogen) atoms. The first-order chi connectivity index (χ1) is 4.13. The van der Waals surface area contributed by atoms with Gasteiger partial charge in [0.15, 0.2) is 12.4 Å². The summed E-state index contributed by atoms with van der Waals surface area (Å²) in [5.41, 5.74) is 0. The lowest BCUT2D eigenvalue weighted by molar-refractivity contribution is -0.379. The van der Waals surface area contributed by atoms with Crippen LogP contribution in [0.25, 0.3) is 0 Å². The second kappa shape index (κ2) is 3.53. The minimum absolute atomic E-state index is 0.236. The van der Waals surface area contributed by atoms with Gasteiger partial charge >= 0.3 is 0 Å². The predicted molar refractivity (Wildman–Crippen MR) is 30.7 cm³/mol. The number of hydrogen-bond acceptors (Lipinski definition) is 4. The Balaban J connectivity index is 3.53. The van der Waals surface area contributed by atoms with E-state index >= 15 is 0 Å². The molecule has 0 aliphatic rings. The first-order valence-corrected chi connectivity index (χ1v) is 2.06. The molecule has 0 aliphatic carbocycles. The minimum Gasteiger partial charge on any atom is -0.613 e. The zero-order valence-electron chi connectivity index (χ0n) is 4.39. The Labute approximate surface area is 50.7 Å². The van der Waals surface area contributed by atoms with Crippen LogP contribution >= 0.6 is 0 Å². The first kappa shape index (κ1) is 7.54. The summed E-state index contributed by atoms with van der Waals surface area (Å²) in [6.07, 6.45) is 0.992. The average Bonchev–Trinajstić information content (AvgIpc) is 1.63. The van der Waals surface area contributed by atoms with Crippen molar-refractivity contribution in [1.29, 1.82) is 0 Å². The van der Waals surface area contributed by atoms with Crippen LogP contribution in [0, 0.1) is 20.8 Å². The van der Waals surface area contributed by atoms with E-state index in [1.165, 1.54) is 0 Å². The largest absolute Gasteiger partial charge is 0.613 e. The van der Waals surface area contributed by atoms with Gasteiger partial charge in [0, 0.05) is 0 Å². The van der Waals surface area contributed by atoms with Gasteiger partial charge in [0.25, 0.3) is 0 Å². The molecular weight excluding hydrogens is 128 g/mol. The highest BCUT2D eigenvalue weighted by Crippen LogP contribution is 1.67. The van der Waals surface area contributed by atoms with E-state index in [0.29, 0.717) is 12.4 Å². The Kier molecular flexibility index (Phi) is 2.96. The third-order valence-electron chi connectivity index (χ3n) is 0.509. The standard InChI is InChI=1S/C3H4N2O4/c6-4(7)2-1-3-5(8)9/h2-3H,1H2/q-2. The molecule has 0 fully saturated rings. The molecule has 0 N–H and O–H groups in total. The molecule has 0 aromatic carbocycles. The molecule has 0 spiro atoms. The van der Waals surface area contributed by atoms with E-state index in [9.17, 15) is 20.8 Å². The van der Waals surface area contributed by atoms with Crippen LogP contribution in [0.15, 0.2) is 0 Å². The van der Waals surface area contributed by atoms with Gasteiger partial charge < -0.3 is 20.8 Å². The molecule has 0 atom stereocenters. The third-order valence-corrected chi connectivity index (χ3v) is 0.509. The smallest absolute Gasteiger partial charge is 0.173 e. The predicted octanol–water partition coefficient (Wildman–Crippen LogP) is -0.466. The molecule has 0 aromatic rings. The Morgan fingerprint density at radius 1 is 0.889 bits per heavy atom. The summed E-state index contributed by atoms with van der Waals surface area (Å²) in [7, 11) is 0. The molecule has 0 unspecified atom stereocenters. The van der Waals surface area contributed by atoms with Crippen LogP contribution in [-0.2, 0) is 0 Å². The SMILES string of the molecule is [O-][N+]([O-])=CCC=[N+]([O-])[O-]. The zero-order valence-corrected chi connectivity index (χ0v) is 4.39. The van der Waals surface area contributed by atoms with Crippen molar-refractivity contribution in [2.75, 3.05) is 0 Å². The van der Waals surface area contributed by atoms with Crippen molar-refractivity contribution in [3.63, 3.8) is 0 Å². The van der Waals surface area contributed by atoms with Crippen molar-refractivity contribution >= 4 is 12.4 Å². The maximum atomic E-state index is 9.49. The molecule has 0 saturated heterocycles. The molecule has 0 amide bonds. The van der Waals surface area contributed by atoms with Gasteiger partial charge in [-0.05, 0) is 0 Å². The van der Waals surface area contributed by atoms with Gasteiger partial charge in [-0.2, -0.15) is 9.80 Å². The highest BCUT2D eigenvalue weighted by molar-refractivity contribution is 5.74. The summed E-state index contributed by atoms with van der Waals surface area (Å²) in [4.78, 5) is -1.44. The van der Waals surface area contributed by atoms with Crippen LogP contribution < -0.4 is 0 Å². The number of nitrogens with zero attached hydrogens (tertiary/aromatic N) is 2. The second-order valence-electron chi connectivity index (χ2n) is 1.17. The van der Waals surface area contributed by atoms with Gasteiger partial charge in [-0.1, -0.05) is 0 Å². The van der Waals surface area contributed by atoms with Crippen molar-refractivity contribution in [1.82, 2.24) is 0 Å². The Hall–Kier alpha value is -1.46. The first-order valence-electron chi connectivity index (χ1n) is 2.06. The van der Waals surface area contributed by atoms with Crippen molar-refractivity contribution in [3.05, 3.63) is 20.8 Å². The minimum atomic E-state index is -0.722. The lowest BCUT2D eigenvalue weighted by Gasteiger charge is -2.01. The summed E-state index contributed by atoms with van der Waals surface area (Å²) in [6.45, 7) is 0. The van der Waals surface area contributed by atoms with Gasteiger partial charge in [-0.3, -0.25) is 0 Å². The van der Waals surface area contributed by atoms with E-state index < -0.39 is 9.80 Å². The van der Waals surface area contributed by atoms with E-state index in [0.717, 1.165) is 0 Å². The quantitative estimate of drug-likeness (QED) is 0.288. The average molecular weight is 132 g/mol. The molecule has 0 radical (unpaired) electrons. The van der Waals surface area contributed by atoms with E-state index in [1.54, 1.807) is 0 Å². The Morgan fingerprint density at radius 2 is 1.22 bits per heavy atom. The molecule has 0 aromatic heterocycles. The molecule has 0 bridgehead atoms. The van der Waals surface area contributed by atoms with Crippen LogP contribution in [0.4, 0.5) is 0 Å². The molecule has 6 heteroatoms. The van der Waals surface area contributed by atoms with Crippen LogP contribution in [-0.4, -0.2) is 22.2 Å². The molecule has 0 rings (SSSR count). The molecule has 52 valence electrons. The Bertz CT molecular complexity index is 117. The highest BCUT2D eigenvalue weighted by Gasteiger charge is 1.80. The molecule has 6 nitrogen and oxygen atoms in total. The highest BCUT2D eigenvalue weighted by atomic mass is 16.8. The fraction of sp³-hybridized carbons (Fsp3) is 0.333. The van der Waals surface area contributed by atoms with E-state index in [4.69, 9.17) is 0 Å². The third kappa shape index (κ3) is 6.54. The number of rotatable bonds is 2. The van der Waals surface area contributed by atoms with Crippen LogP contribution in [0.3, 0.4) is 0 Å². The van der Waals surface area contributed by atoms with Crippen LogP contribution in [0.2, 0.25) is 0 Å². The van der Waals surface area contributed by atoms with Crippen molar-refractivity contribution in [2.24, 2.45) is 0 Å². The fourth-order valence-corrected chi connectivity index (χ4v) is 0.219. The van der Waals surface area contributed by atoms with Gasteiger partial charge in [0.2, 0.25) is 0 Å². The normalized spacial score (nSPS) is 8.00. The molecule has 0 saturated carbocycles. The van der Waals surface area contributed by atoms with Gasteiger partial charge in [0.05, 0.1) is 0 Å². The van der Waals surface area contributed by atoms with Gasteiger partial charge in [-0.15, -0.1) is 0 Å². The molecular formula is C3H4N2O4-2. The van der Waals surface area contributed by atoms with Crippen molar-refractivity contribution in [3.8, 4) is 0 Å². The fourth-order valence-electron chi connectivity index (χ4n) is 0.219. The summed E-state index contributed by atoms with van der Waals surface area (Å²) in [5.74, 6) is 0. The monoisotopic (exact) mass is 132 g/mol. The second-order valence-corrected chi connectivity index (χ2v) is 1.17. The van der Waals surface area contributed by atoms with Gasteiger partial charge in [0.1, 0.15) is 6.42 Å². The Morgan fingerprint density at radius 3 is 1.44 bits per heavy atom. The maximum Gasteiger partial charge on any atom is 0.173 e. The van der Waals surface area contributed by atoms with Crippen LogP contribution in [0.1, 0.15) is 6.42 Å². The van der Waals surface area contributed by atoms with Crippen molar-refractivity contribution < 1.29 is 9.80 Å². The maximum absolute atomic E-state index is 9.49. The van der Waals surface area contributed by atoms with E-state index in [2.05, 4.69) is 0 Å². The summed E-state index contributed by atoms with van der Waals surface area (Å²) >= 11 is 0. The zero-order chi connectivity index (χ0) is 7.28. The van der Waals surface area contributed by atoms with Crippen LogP contribution in [0.5, 0.6) is 0 Å². The molecule has 0 heterocycles.